The topological polar surface area (TPSA) is 17.1 Å². The molecule has 4 heteroatoms. The van der Waals surface area contributed by atoms with Gasteiger partial charge in [0.2, 0.25) is 0 Å². The number of carbonyl (C=O) groups excluding carboxylic acids is 1. The third-order valence-electron chi connectivity index (χ3n) is 2.04. The van der Waals surface area contributed by atoms with Crippen molar-refractivity contribution in [3.8, 4) is 0 Å². The molecule has 14 heavy (non-hydrogen) atoms. The molecule has 0 aliphatic carbocycles. The van der Waals surface area contributed by atoms with Gasteiger partial charge >= 0.3 is 0 Å². The summed E-state index contributed by atoms with van der Waals surface area (Å²) in [7, 11) is 0. The Hall–Kier alpha value is -0.190. The zero-order chi connectivity index (χ0) is 10.1. The second-order valence-electron chi connectivity index (χ2n) is 2.86. The summed E-state index contributed by atoms with van der Waals surface area (Å²) in [6.45, 7) is 0. The predicted octanol–water partition coefficient (Wildman–Crippen LogP) is 4.37. The van der Waals surface area contributed by atoms with Gasteiger partial charge < -0.3 is 0 Å². The van der Waals surface area contributed by atoms with Gasteiger partial charge in [0.1, 0.15) is 0 Å². The second-order valence-corrected chi connectivity index (χ2v) is 5.85. The third-order valence-corrected chi connectivity index (χ3v) is 4.36. The molecule has 0 aliphatic heterocycles. The summed E-state index contributed by atoms with van der Waals surface area (Å²) in [5.41, 5.74) is 1.98. The SMILES string of the molecule is O=Cc1ccc(CBr)c2sc(Br)cc12. The van der Waals surface area contributed by atoms with Crippen molar-refractivity contribution in [1.29, 1.82) is 0 Å². The molecule has 0 spiro atoms. The van der Waals surface area contributed by atoms with Gasteiger partial charge in [0.15, 0.2) is 6.29 Å². The minimum absolute atomic E-state index is 0.756. The van der Waals surface area contributed by atoms with Crippen molar-refractivity contribution in [1.82, 2.24) is 0 Å². The molecule has 2 aromatic rings. The summed E-state index contributed by atoms with van der Waals surface area (Å²) < 4.78 is 2.24. The number of rotatable bonds is 2. The molecule has 0 aliphatic rings. The maximum absolute atomic E-state index is 10.8. The van der Waals surface area contributed by atoms with Gasteiger partial charge in [0.25, 0.3) is 0 Å². The number of alkyl halides is 1. The molecule has 0 saturated heterocycles. The summed E-state index contributed by atoms with van der Waals surface area (Å²) in [4.78, 5) is 10.8. The van der Waals surface area contributed by atoms with E-state index in [9.17, 15) is 4.79 Å². The van der Waals surface area contributed by atoms with Gasteiger partial charge in [-0.15, -0.1) is 11.3 Å². The number of thiophene rings is 1. The molecule has 1 heterocycles. The number of halogens is 2. The summed E-state index contributed by atoms with van der Waals surface area (Å²) in [6.07, 6.45) is 0.902. The van der Waals surface area contributed by atoms with Crippen molar-refractivity contribution >= 4 is 59.6 Å². The Morgan fingerprint density at radius 2 is 2.21 bits per heavy atom. The van der Waals surface area contributed by atoms with Crippen LogP contribution in [0.15, 0.2) is 22.0 Å². The lowest BCUT2D eigenvalue weighted by Gasteiger charge is -1.99. The highest BCUT2D eigenvalue weighted by Gasteiger charge is 2.08. The van der Waals surface area contributed by atoms with Crippen molar-refractivity contribution in [3.05, 3.63) is 33.1 Å². The van der Waals surface area contributed by atoms with Crippen LogP contribution in [0.2, 0.25) is 0 Å². The molecule has 1 nitrogen and oxygen atoms in total. The van der Waals surface area contributed by atoms with E-state index in [0.29, 0.717) is 0 Å². The van der Waals surface area contributed by atoms with Crippen LogP contribution in [0.5, 0.6) is 0 Å². The summed E-state index contributed by atoms with van der Waals surface area (Å²) in [5, 5.41) is 1.85. The lowest BCUT2D eigenvalue weighted by atomic mass is 10.1. The van der Waals surface area contributed by atoms with Gasteiger partial charge in [-0.05, 0) is 27.6 Å². The average molecular weight is 334 g/mol. The Balaban J connectivity index is 2.83. The highest BCUT2D eigenvalue weighted by atomic mass is 79.9. The molecule has 0 unspecified atom stereocenters. The van der Waals surface area contributed by atoms with Crippen LogP contribution in [0, 0.1) is 0 Å². The van der Waals surface area contributed by atoms with Gasteiger partial charge in [-0.2, -0.15) is 0 Å². The summed E-state index contributed by atoms with van der Waals surface area (Å²) in [5.74, 6) is 0. The highest BCUT2D eigenvalue weighted by molar-refractivity contribution is 9.11. The minimum Gasteiger partial charge on any atom is -0.298 e. The standard InChI is InChI=1S/C10H6Br2OS/c11-4-6-1-2-7(5-13)8-3-9(12)14-10(6)8/h1-3,5H,4H2. The fraction of sp³-hybridized carbons (Fsp3) is 0.100. The Labute approximate surface area is 102 Å². The Bertz CT molecular complexity index is 490. The van der Waals surface area contributed by atoms with Gasteiger partial charge in [0, 0.05) is 21.0 Å². The van der Waals surface area contributed by atoms with Crippen LogP contribution in [0.25, 0.3) is 10.1 Å². The lowest BCUT2D eigenvalue weighted by Crippen LogP contribution is -1.83. The van der Waals surface area contributed by atoms with E-state index in [1.807, 2.05) is 18.2 Å². The van der Waals surface area contributed by atoms with Crippen LogP contribution >= 0.6 is 43.2 Å². The van der Waals surface area contributed by atoms with E-state index in [1.54, 1.807) is 11.3 Å². The molecule has 0 atom stereocenters. The molecule has 0 fully saturated rings. The zero-order valence-corrected chi connectivity index (χ0v) is 11.1. The molecule has 0 N–H and O–H groups in total. The van der Waals surface area contributed by atoms with Crippen LogP contribution in [-0.4, -0.2) is 6.29 Å². The van der Waals surface area contributed by atoms with Crippen LogP contribution < -0.4 is 0 Å². The van der Waals surface area contributed by atoms with E-state index in [4.69, 9.17) is 0 Å². The first kappa shape index (κ1) is 10.3. The van der Waals surface area contributed by atoms with E-state index < -0.39 is 0 Å². The quantitative estimate of drug-likeness (QED) is 0.589. The number of fused-ring (bicyclic) bond motifs is 1. The summed E-state index contributed by atoms with van der Waals surface area (Å²) in [6, 6.07) is 5.85. The van der Waals surface area contributed by atoms with E-state index >= 15 is 0 Å². The predicted molar refractivity (Wildman–Crippen MR) is 67.5 cm³/mol. The van der Waals surface area contributed by atoms with Gasteiger partial charge in [-0.1, -0.05) is 28.1 Å². The normalized spacial score (nSPS) is 10.7. The molecule has 0 radical (unpaired) electrons. The van der Waals surface area contributed by atoms with Gasteiger partial charge in [-0.25, -0.2) is 0 Å². The van der Waals surface area contributed by atoms with Crippen molar-refractivity contribution in [2.75, 3.05) is 0 Å². The number of hydrogen-bond acceptors (Lipinski definition) is 2. The third kappa shape index (κ3) is 1.66. The van der Waals surface area contributed by atoms with Gasteiger partial charge in [-0.3, -0.25) is 4.79 Å². The van der Waals surface area contributed by atoms with Crippen LogP contribution in [0.4, 0.5) is 0 Å². The van der Waals surface area contributed by atoms with Crippen LogP contribution in [-0.2, 0) is 5.33 Å². The molecular formula is C10H6Br2OS. The largest absolute Gasteiger partial charge is 0.298 e. The van der Waals surface area contributed by atoms with Crippen molar-refractivity contribution < 1.29 is 4.79 Å². The van der Waals surface area contributed by atoms with Crippen molar-refractivity contribution in [3.63, 3.8) is 0 Å². The smallest absolute Gasteiger partial charge is 0.150 e. The van der Waals surface area contributed by atoms with E-state index in [-0.39, 0.29) is 0 Å². The van der Waals surface area contributed by atoms with Crippen LogP contribution in [0.3, 0.4) is 0 Å². The molecular weight excluding hydrogens is 328 g/mol. The number of benzene rings is 1. The number of hydrogen-bond donors (Lipinski definition) is 0. The van der Waals surface area contributed by atoms with Crippen molar-refractivity contribution in [2.45, 2.75) is 5.33 Å². The molecule has 0 amide bonds. The Morgan fingerprint density at radius 3 is 2.86 bits per heavy atom. The van der Waals surface area contributed by atoms with Gasteiger partial charge in [0.05, 0.1) is 3.79 Å². The fourth-order valence-corrected chi connectivity index (χ4v) is 3.67. The molecule has 72 valence electrons. The zero-order valence-electron chi connectivity index (χ0n) is 7.09. The highest BCUT2D eigenvalue weighted by Crippen LogP contribution is 2.34. The minimum atomic E-state index is 0.756. The van der Waals surface area contributed by atoms with E-state index in [2.05, 4.69) is 31.9 Å². The first-order valence-electron chi connectivity index (χ1n) is 3.98. The van der Waals surface area contributed by atoms with Crippen LogP contribution in [0.1, 0.15) is 15.9 Å². The average Bonchev–Trinajstić information content (AvgIpc) is 2.57. The fourth-order valence-electron chi connectivity index (χ4n) is 1.38. The summed E-state index contributed by atoms with van der Waals surface area (Å²) >= 11 is 8.54. The molecule has 2 rings (SSSR count). The molecule has 0 saturated carbocycles. The molecule has 1 aromatic carbocycles. The number of aldehydes is 1. The van der Waals surface area contributed by atoms with E-state index in [1.165, 1.54) is 10.3 Å². The second kappa shape index (κ2) is 4.13. The maximum atomic E-state index is 10.8. The monoisotopic (exact) mass is 332 g/mol. The Morgan fingerprint density at radius 1 is 1.43 bits per heavy atom. The Kier molecular flexibility index (Phi) is 3.04. The lowest BCUT2D eigenvalue weighted by molar-refractivity contribution is 0.112. The number of carbonyl (C=O) groups is 1. The molecule has 0 bridgehead atoms. The van der Waals surface area contributed by atoms with E-state index in [0.717, 1.165) is 26.4 Å². The molecule has 1 aromatic heterocycles. The first-order chi connectivity index (χ1) is 6.76. The van der Waals surface area contributed by atoms with Crippen molar-refractivity contribution in [2.24, 2.45) is 0 Å². The first-order valence-corrected chi connectivity index (χ1v) is 6.71. The maximum Gasteiger partial charge on any atom is 0.150 e.